The van der Waals surface area contributed by atoms with Crippen molar-refractivity contribution in [3.8, 4) is 6.07 Å². The van der Waals surface area contributed by atoms with Gasteiger partial charge in [-0.3, -0.25) is 4.79 Å². The molecule has 2 aromatic rings. The molecule has 0 aliphatic carbocycles. The molecule has 0 unspecified atom stereocenters. The molecule has 1 saturated heterocycles. The highest BCUT2D eigenvalue weighted by atomic mass is 16.5. The molecule has 0 spiro atoms. The van der Waals surface area contributed by atoms with Crippen LogP contribution in [0.4, 0.5) is 5.69 Å². The van der Waals surface area contributed by atoms with Gasteiger partial charge in [-0.1, -0.05) is 17.3 Å². The van der Waals surface area contributed by atoms with E-state index in [9.17, 15) is 10.1 Å². The monoisotopic (exact) mass is 338 g/mol. The summed E-state index contributed by atoms with van der Waals surface area (Å²) in [5.74, 6) is 0.815. The zero-order chi connectivity index (χ0) is 17.8. The molecule has 3 rings (SSSR count). The van der Waals surface area contributed by atoms with Crippen LogP contribution < -0.4 is 4.90 Å². The summed E-state index contributed by atoms with van der Waals surface area (Å²) in [6, 6.07) is 9.88. The van der Waals surface area contributed by atoms with Gasteiger partial charge >= 0.3 is 0 Å². The lowest BCUT2D eigenvalue weighted by Gasteiger charge is -2.24. The zero-order valence-electron chi connectivity index (χ0n) is 14.7. The number of carbonyl (C=O) groups excluding carboxylic acids is 1. The molecular weight excluding hydrogens is 316 g/mol. The summed E-state index contributed by atoms with van der Waals surface area (Å²) in [4.78, 5) is 16.8. The third-order valence-corrected chi connectivity index (χ3v) is 4.72. The van der Waals surface area contributed by atoms with Gasteiger partial charge in [-0.15, -0.1) is 0 Å². The van der Waals surface area contributed by atoms with Gasteiger partial charge in [0.15, 0.2) is 0 Å². The zero-order valence-corrected chi connectivity index (χ0v) is 14.7. The van der Waals surface area contributed by atoms with Crippen LogP contribution in [-0.2, 0) is 11.2 Å². The summed E-state index contributed by atoms with van der Waals surface area (Å²) in [5, 5.41) is 13.2. The molecular formula is C19H22N4O2. The first-order chi connectivity index (χ1) is 12.1. The Balaban J connectivity index is 1.67. The fraction of sp³-hybridized carbons (Fsp3) is 0.421. The van der Waals surface area contributed by atoms with Gasteiger partial charge in [0.1, 0.15) is 11.8 Å². The number of para-hydroxylation sites is 1. The average Bonchev–Trinajstić information content (AvgIpc) is 2.83. The van der Waals surface area contributed by atoms with Crippen LogP contribution in [-0.4, -0.2) is 42.1 Å². The second kappa shape index (κ2) is 7.39. The maximum absolute atomic E-state index is 12.7. The van der Waals surface area contributed by atoms with E-state index in [2.05, 4.69) is 16.1 Å². The molecule has 1 fully saturated rings. The predicted octanol–water partition coefficient (Wildman–Crippen LogP) is 2.44. The molecule has 0 N–H and O–H groups in total. The van der Waals surface area contributed by atoms with Crippen LogP contribution in [0.3, 0.4) is 0 Å². The smallest absolute Gasteiger partial charge is 0.227 e. The Labute approximate surface area is 147 Å². The number of nitriles is 1. The standard InChI is InChI=1S/C19H22N4O2/c1-14-17(15(2)25-21-14)12-19(24)23-9-5-8-22(10-11-23)18-7-4-3-6-16(18)13-20/h3-4,6-7H,5,8-12H2,1-2H3. The Bertz CT molecular complexity index is 786. The number of anilines is 1. The van der Waals surface area contributed by atoms with Gasteiger partial charge in [-0.05, 0) is 32.4 Å². The number of aromatic nitrogens is 1. The molecule has 1 aliphatic heterocycles. The van der Waals surface area contributed by atoms with Crippen molar-refractivity contribution in [2.45, 2.75) is 26.7 Å². The highest BCUT2D eigenvalue weighted by molar-refractivity contribution is 5.79. The summed E-state index contributed by atoms with van der Waals surface area (Å²) in [7, 11) is 0. The van der Waals surface area contributed by atoms with Crippen molar-refractivity contribution in [2.24, 2.45) is 0 Å². The quantitative estimate of drug-likeness (QED) is 0.859. The molecule has 130 valence electrons. The number of hydrogen-bond acceptors (Lipinski definition) is 5. The summed E-state index contributed by atoms with van der Waals surface area (Å²) in [6.07, 6.45) is 1.21. The van der Waals surface area contributed by atoms with Crippen molar-refractivity contribution < 1.29 is 9.32 Å². The lowest BCUT2D eigenvalue weighted by Crippen LogP contribution is -2.36. The maximum atomic E-state index is 12.7. The van der Waals surface area contributed by atoms with E-state index in [-0.39, 0.29) is 5.91 Å². The minimum Gasteiger partial charge on any atom is -0.369 e. The largest absolute Gasteiger partial charge is 0.369 e. The van der Waals surface area contributed by atoms with Crippen LogP contribution >= 0.6 is 0 Å². The fourth-order valence-corrected chi connectivity index (χ4v) is 3.27. The summed E-state index contributed by atoms with van der Waals surface area (Å²) < 4.78 is 5.15. The SMILES string of the molecule is Cc1noc(C)c1CC(=O)N1CCCN(c2ccccc2C#N)CC1. The van der Waals surface area contributed by atoms with E-state index in [1.54, 1.807) is 0 Å². The van der Waals surface area contributed by atoms with E-state index in [1.165, 1.54) is 0 Å². The third kappa shape index (κ3) is 3.66. The highest BCUT2D eigenvalue weighted by Crippen LogP contribution is 2.21. The second-order valence-corrected chi connectivity index (χ2v) is 6.33. The number of rotatable bonds is 3. The van der Waals surface area contributed by atoms with Gasteiger partial charge in [0, 0.05) is 31.7 Å². The molecule has 1 amide bonds. The van der Waals surface area contributed by atoms with E-state index in [4.69, 9.17) is 4.52 Å². The van der Waals surface area contributed by atoms with Crippen LogP contribution in [0.2, 0.25) is 0 Å². The van der Waals surface area contributed by atoms with Crippen LogP contribution in [0.1, 0.15) is 29.0 Å². The average molecular weight is 338 g/mol. The first-order valence-electron chi connectivity index (χ1n) is 8.53. The minimum atomic E-state index is 0.102. The normalized spacial score (nSPS) is 14.9. The maximum Gasteiger partial charge on any atom is 0.227 e. The molecule has 25 heavy (non-hydrogen) atoms. The Morgan fingerprint density at radius 1 is 1.24 bits per heavy atom. The molecule has 1 aromatic carbocycles. The first kappa shape index (κ1) is 17.0. The topological polar surface area (TPSA) is 73.4 Å². The number of nitrogens with zero attached hydrogens (tertiary/aromatic N) is 4. The van der Waals surface area contributed by atoms with Crippen molar-refractivity contribution in [3.05, 3.63) is 46.8 Å². The lowest BCUT2D eigenvalue weighted by molar-refractivity contribution is -0.130. The van der Waals surface area contributed by atoms with Crippen molar-refractivity contribution in [1.82, 2.24) is 10.1 Å². The number of aryl methyl sites for hydroxylation is 2. The lowest BCUT2D eigenvalue weighted by atomic mass is 10.1. The minimum absolute atomic E-state index is 0.102. The number of benzene rings is 1. The van der Waals surface area contributed by atoms with E-state index >= 15 is 0 Å². The number of amides is 1. The molecule has 1 aromatic heterocycles. The number of hydrogen-bond donors (Lipinski definition) is 0. The van der Waals surface area contributed by atoms with Crippen LogP contribution in [0.25, 0.3) is 0 Å². The van der Waals surface area contributed by atoms with Gasteiger partial charge in [0.05, 0.1) is 23.4 Å². The highest BCUT2D eigenvalue weighted by Gasteiger charge is 2.22. The van der Waals surface area contributed by atoms with Crippen molar-refractivity contribution in [3.63, 3.8) is 0 Å². The third-order valence-electron chi connectivity index (χ3n) is 4.72. The predicted molar refractivity (Wildman–Crippen MR) is 94.2 cm³/mol. The van der Waals surface area contributed by atoms with Gasteiger partial charge in [0.2, 0.25) is 5.91 Å². The fourth-order valence-electron chi connectivity index (χ4n) is 3.27. The van der Waals surface area contributed by atoms with Gasteiger partial charge in [-0.25, -0.2) is 0 Å². The number of carbonyl (C=O) groups is 1. The molecule has 0 radical (unpaired) electrons. The summed E-state index contributed by atoms with van der Waals surface area (Å²) in [6.45, 7) is 6.66. The molecule has 0 bridgehead atoms. The van der Waals surface area contributed by atoms with E-state index in [0.717, 1.165) is 43.0 Å². The van der Waals surface area contributed by atoms with E-state index in [1.807, 2.05) is 43.0 Å². The Morgan fingerprint density at radius 3 is 2.76 bits per heavy atom. The Hall–Kier alpha value is -2.81. The van der Waals surface area contributed by atoms with Crippen molar-refractivity contribution in [1.29, 1.82) is 5.26 Å². The van der Waals surface area contributed by atoms with Crippen molar-refractivity contribution in [2.75, 3.05) is 31.1 Å². The first-order valence-corrected chi connectivity index (χ1v) is 8.53. The summed E-state index contributed by atoms with van der Waals surface area (Å²) in [5.41, 5.74) is 3.30. The molecule has 0 saturated carbocycles. The van der Waals surface area contributed by atoms with E-state index in [0.29, 0.717) is 24.3 Å². The molecule has 1 aliphatic rings. The van der Waals surface area contributed by atoms with Crippen molar-refractivity contribution >= 4 is 11.6 Å². The molecule has 2 heterocycles. The molecule has 6 nitrogen and oxygen atoms in total. The van der Waals surface area contributed by atoms with Crippen LogP contribution in [0, 0.1) is 25.2 Å². The summed E-state index contributed by atoms with van der Waals surface area (Å²) >= 11 is 0. The molecule has 6 heteroatoms. The van der Waals surface area contributed by atoms with Crippen LogP contribution in [0.15, 0.2) is 28.8 Å². The Morgan fingerprint density at radius 2 is 2.04 bits per heavy atom. The Kier molecular flexibility index (Phi) is 5.03. The second-order valence-electron chi connectivity index (χ2n) is 6.33. The van der Waals surface area contributed by atoms with E-state index < -0.39 is 0 Å². The molecule has 0 atom stereocenters. The van der Waals surface area contributed by atoms with Gasteiger partial charge in [-0.2, -0.15) is 5.26 Å². The van der Waals surface area contributed by atoms with Gasteiger partial charge in [0.25, 0.3) is 0 Å². The van der Waals surface area contributed by atoms with Gasteiger partial charge < -0.3 is 14.3 Å². The van der Waals surface area contributed by atoms with Crippen LogP contribution in [0.5, 0.6) is 0 Å².